The third-order valence-electron chi connectivity index (χ3n) is 6.77. The van der Waals surface area contributed by atoms with Crippen LogP contribution in [0.25, 0.3) is 0 Å². The molecular formula is C27H38O6Si. The van der Waals surface area contributed by atoms with Crippen LogP contribution < -0.4 is 0 Å². The predicted molar refractivity (Wildman–Crippen MR) is 133 cm³/mol. The van der Waals surface area contributed by atoms with Gasteiger partial charge in [-0.1, -0.05) is 62.1 Å². The molecule has 0 radical (unpaired) electrons. The number of carbonyl (C=O) groups is 1. The lowest BCUT2D eigenvalue weighted by Gasteiger charge is -2.42. The number of aliphatic hydroxyl groups is 1. The largest absolute Gasteiger partial charge is 0.453 e. The molecule has 4 rings (SSSR count). The summed E-state index contributed by atoms with van der Waals surface area (Å²) in [6.07, 6.45) is 5.15. The van der Waals surface area contributed by atoms with Crippen molar-refractivity contribution in [1.29, 1.82) is 0 Å². The number of esters is 1. The lowest BCUT2D eigenvalue weighted by Crippen LogP contribution is -2.60. The van der Waals surface area contributed by atoms with Crippen molar-refractivity contribution in [2.24, 2.45) is 0 Å². The molecule has 1 N–H and O–H groups in total. The van der Waals surface area contributed by atoms with Crippen molar-refractivity contribution in [3.8, 4) is 0 Å². The molecule has 6 nitrogen and oxygen atoms in total. The van der Waals surface area contributed by atoms with E-state index in [2.05, 4.69) is 31.9 Å². The third kappa shape index (κ3) is 5.71. The van der Waals surface area contributed by atoms with E-state index in [4.69, 9.17) is 18.9 Å². The van der Waals surface area contributed by atoms with E-state index in [1.165, 1.54) is 0 Å². The molecule has 6 atom stereocenters. The Balaban J connectivity index is 1.63. The van der Waals surface area contributed by atoms with Gasteiger partial charge in [-0.2, -0.15) is 0 Å². The molecule has 3 fully saturated rings. The fraction of sp³-hybridized carbons (Fsp3) is 0.593. The van der Waals surface area contributed by atoms with Gasteiger partial charge in [-0.15, -0.1) is 6.58 Å². The summed E-state index contributed by atoms with van der Waals surface area (Å²) in [6, 6.07) is 8.93. The molecule has 1 saturated carbocycles. The Morgan fingerprint density at radius 3 is 2.50 bits per heavy atom. The van der Waals surface area contributed by atoms with Crippen molar-refractivity contribution in [2.75, 3.05) is 0 Å². The second-order valence-corrected chi connectivity index (χ2v) is 15.8. The van der Waals surface area contributed by atoms with Gasteiger partial charge in [0.25, 0.3) is 0 Å². The maximum atomic E-state index is 13.0. The Morgan fingerprint density at radius 1 is 1.18 bits per heavy atom. The number of benzene rings is 1. The molecule has 2 heterocycles. The number of carbonyl (C=O) groups excluding carboxylic acids is 1. The van der Waals surface area contributed by atoms with Gasteiger partial charge in [-0.25, -0.2) is 4.79 Å². The van der Waals surface area contributed by atoms with Crippen LogP contribution in [-0.4, -0.2) is 61.6 Å². The average Bonchev–Trinajstić information content (AvgIpc) is 3.17. The Labute approximate surface area is 203 Å². The normalized spacial score (nSPS) is 31.8. The zero-order valence-electron chi connectivity index (χ0n) is 20.5. The summed E-state index contributed by atoms with van der Waals surface area (Å²) in [5.74, 6) is -1.13. The average molecular weight is 487 g/mol. The minimum absolute atomic E-state index is 0.423. The summed E-state index contributed by atoms with van der Waals surface area (Å²) in [4.78, 5) is 13.0. The molecule has 0 aromatic heterocycles. The standard InChI is InChI=1S/C27H38O6Si/c1-5-12-21-23(31-26(29)19-13-8-6-9-14-19)25-24(32-27(33-25)16-10-7-11-17-27)22(30-21)20(28)15-18-34(2,3)4/h5-6,8-9,13-15,18,20-25,28H,1,7,10-12,16-17H2,2-4H3/b18-15+/t20?,21?,22-,23-,24+,25?/m0/s1. The molecular weight excluding hydrogens is 448 g/mol. The van der Waals surface area contributed by atoms with Gasteiger partial charge in [0.15, 0.2) is 11.9 Å². The predicted octanol–water partition coefficient (Wildman–Crippen LogP) is 4.79. The van der Waals surface area contributed by atoms with E-state index in [-0.39, 0.29) is 0 Å². The summed E-state index contributed by atoms with van der Waals surface area (Å²) in [5, 5.41) is 11.1. The van der Waals surface area contributed by atoms with Gasteiger partial charge in [-0.3, -0.25) is 0 Å². The number of ether oxygens (including phenoxy) is 4. The van der Waals surface area contributed by atoms with Crippen LogP contribution in [0.3, 0.4) is 0 Å². The lowest BCUT2D eigenvalue weighted by atomic mass is 9.90. The van der Waals surface area contributed by atoms with Gasteiger partial charge in [0.2, 0.25) is 0 Å². The Bertz CT molecular complexity index is 873. The van der Waals surface area contributed by atoms with Crippen LogP contribution in [0.2, 0.25) is 19.6 Å². The minimum atomic E-state index is -1.51. The van der Waals surface area contributed by atoms with E-state index in [1.54, 1.807) is 30.3 Å². The van der Waals surface area contributed by atoms with Crippen molar-refractivity contribution in [1.82, 2.24) is 0 Å². The zero-order chi connectivity index (χ0) is 24.3. The highest BCUT2D eigenvalue weighted by atomic mass is 28.3. The monoisotopic (exact) mass is 486 g/mol. The molecule has 1 spiro atoms. The molecule has 1 aromatic carbocycles. The topological polar surface area (TPSA) is 74.2 Å². The first-order valence-electron chi connectivity index (χ1n) is 12.5. The summed E-state index contributed by atoms with van der Waals surface area (Å²) in [7, 11) is -1.51. The number of hydrogen-bond donors (Lipinski definition) is 1. The summed E-state index contributed by atoms with van der Waals surface area (Å²) >= 11 is 0. The van der Waals surface area contributed by atoms with E-state index < -0.39 is 56.5 Å². The number of rotatable bonds is 7. The first kappa shape index (κ1) is 25.3. The third-order valence-corrected chi connectivity index (χ3v) is 7.96. The fourth-order valence-corrected chi connectivity index (χ4v) is 5.87. The van der Waals surface area contributed by atoms with Crippen molar-refractivity contribution in [3.05, 3.63) is 60.3 Å². The number of fused-ring (bicyclic) bond motifs is 1. The van der Waals surface area contributed by atoms with Crippen LogP contribution in [0.15, 0.2) is 54.8 Å². The summed E-state index contributed by atoms with van der Waals surface area (Å²) < 4.78 is 25.6. The molecule has 1 aliphatic carbocycles. The van der Waals surface area contributed by atoms with Gasteiger partial charge in [0.05, 0.1) is 13.6 Å². The van der Waals surface area contributed by atoms with Crippen LogP contribution in [0.5, 0.6) is 0 Å². The smallest absolute Gasteiger partial charge is 0.338 e. The maximum Gasteiger partial charge on any atom is 0.338 e. The van der Waals surface area contributed by atoms with Crippen molar-refractivity contribution < 1.29 is 28.8 Å². The summed E-state index contributed by atoms with van der Waals surface area (Å²) in [5.41, 5.74) is 2.59. The quantitative estimate of drug-likeness (QED) is 0.339. The van der Waals surface area contributed by atoms with Crippen LogP contribution in [-0.2, 0) is 18.9 Å². The molecule has 34 heavy (non-hydrogen) atoms. The van der Waals surface area contributed by atoms with Crippen LogP contribution in [0.4, 0.5) is 0 Å². The second kappa shape index (κ2) is 10.5. The molecule has 3 aliphatic rings. The number of aliphatic hydroxyl groups excluding tert-OH is 1. The van der Waals surface area contributed by atoms with Gasteiger partial charge in [0.1, 0.15) is 30.5 Å². The molecule has 7 heteroatoms. The van der Waals surface area contributed by atoms with Crippen molar-refractivity contribution in [3.63, 3.8) is 0 Å². The van der Waals surface area contributed by atoms with Crippen LogP contribution >= 0.6 is 0 Å². The van der Waals surface area contributed by atoms with Crippen LogP contribution in [0.1, 0.15) is 48.9 Å². The van der Waals surface area contributed by atoms with Gasteiger partial charge < -0.3 is 24.1 Å². The van der Waals surface area contributed by atoms with Gasteiger partial charge in [0, 0.05) is 12.8 Å². The first-order valence-corrected chi connectivity index (χ1v) is 16.0. The van der Waals surface area contributed by atoms with Gasteiger partial charge >= 0.3 is 5.97 Å². The minimum Gasteiger partial charge on any atom is -0.453 e. The molecule has 2 saturated heterocycles. The molecule has 0 bridgehead atoms. The summed E-state index contributed by atoms with van der Waals surface area (Å²) in [6.45, 7) is 10.5. The Hall–Kier alpha value is -1.77. The lowest BCUT2D eigenvalue weighted by molar-refractivity contribution is -0.207. The molecule has 2 aliphatic heterocycles. The van der Waals surface area contributed by atoms with E-state index in [9.17, 15) is 9.90 Å². The van der Waals surface area contributed by atoms with Crippen molar-refractivity contribution in [2.45, 2.75) is 101 Å². The van der Waals surface area contributed by atoms with E-state index in [1.807, 2.05) is 12.1 Å². The van der Waals surface area contributed by atoms with Crippen molar-refractivity contribution >= 4 is 14.0 Å². The number of hydrogen-bond acceptors (Lipinski definition) is 6. The molecule has 186 valence electrons. The molecule has 3 unspecified atom stereocenters. The maximum absolute atomic E-state index is 13.0. The van der Waals surface area contributed by atoms with E-state index in [0.29, 0.717) is 12.0 Å². The highest BCUT2D eigenvalue weighted by molar-refractivity contribution is 6.80. The fourth-order valence-electron chi connectivity index (χ4n) is 5.09. The van der Waals surface area contributed by atoms with E-state index >= 15 is 0 Å². The first-order chi connectivity index (χ1) is 16.2. The second-order valence-electron chi connectivity index (χ2n) is 10.8. The van der Waals surface area contributed by atoms with Crippen LogP contribution in [0, 0.1) is 0 Å². The molecule has 1 aromatic rings. The Morgan fingerprint density at radius 2 is 1.85 bits per heavy atom. The zero-order valence-corrected chi connectivity index (χ0v) is 21.5. The Kier molecular flexibility index (Phi) is 7.79. The SMILES string of the molecule is C=CCC1O[C@@H](C(O)/C=C/[Si](C)(C)C)[C@H]2OC3(CCCCC3)OC2[C@H]1OC(=O)c1ccccc1. The van der Waals surface area contributed by atoms with Gasteiger partial charge in [-0.05, 0) is 31.4 Å². The van der Waals surface area contributed by atoms with E-state index in [0.717, 1.165) is 32.1 Å². The highest BCUT2D eigenvalue weighted by Crippen LogP contribution is 2.46. The highest BCUT2D eigenvalue weighted by Gasteiger charge is 2.60. The molecule has 0 amide bonds.